The predicted octanol–water partition coefficient (Wildman–Crippen LogP) is 3.35. The lowest BCUT2D eigenvalue weighted by Gasteiger charge is -2.34. The predicted molar refractivity (Wildman–Crippen MR) is 104 cm³/mol. The molecule has 1 aliphatic heterocycles. The first-order chi connectivity index (χ1) is 12.3. The van der Waals surface area contributed by atoms with E-state index in [0.29, 0.717) is 37.4 Å². The Hall–Kier alpha value is -2.21. The van der Waals surface area contributed by atoms with Crippen molar-refractivity contribution in [3.8, 4) is 0 Å². The van der Waals surface area contributed by atoms with Gasteiger partial charge in [0.25, 0.3) is 11.8 Å². The number of hydrogen-bond acceptors (Lipinski definition) is 4. The number of carbonyl (C=O) groups is 2. The fourth-order valence-corrected chi connectivity index (χ4v) is 3.62. The van der Waals surface area contributed by atoms with Crippen LogP contribution in [0.5, 0.6) is 0 Å². The Morgan fingerprint density at radius 2 is 1.50 bits per heavy atom. The molecule has 1 fully saturated rings. The van der Waals surface area contributed by atoms with Crippen LogP contribution in [0.25, 0.3) is 0 Å². The van der Waals surface area contributed by atoms with E-state index in [9.17, 15) is 9.59 Å². The minimum atomic E-state index is -0.0454. The standard InChI is InChI=1S/C20H25N3O2S/c1-14-21-17(13-26-14)19(25)23-11-9-22(10-12-23)18(24)15-5-7-16(8-6-15)20(2,3)4/h5-8,13H,9-12H2,1-4H3. The molecule has 5 nitrogen and oxygen atoms in total. The molecule has 0 radical (unpaired) electrons. The number of benzene rings is 1. The fraction of sp³-hybridized carbons (Fsp3) is 0.450. The van der Waals surface area contributed by atoms with Gasteiger partial charge in [0.15, 0.2) is 0 Å². The average Bonchev–Trinajstić information content (AvgIpc) is 3.06. The Morgan fingerprint density at radius 1 is 0.962 bits per heavy atom. The summed E-state index contributed by atoms with van der Waals surface area (Å²) in [4.78, 5) is 33.0. The normalized spacial score (nSPS) is 15.2. The summed E-state index contributed by atoms with van der Waals surface area (Å²) in [5.41, 5.74) is 2.49. The third kappa shape index (κ3) is 3.96. The van der Waals surface area contributed by atoms with Gasteiger partial charge >= 0.3 is 0 Å². The van der Waals surface area contributed by atoms with Crippen molar-refractivity contribution in [2.24, 2.45) is 0 Å². The molecule has 1 aromatic carbocycles. The summed E-state index contributed by atoms with van der Waals surface area (Å²) in [5, 5.41) is 2.69. The molecule has 0 N–H and O–H groups in total. The first kappa shape index (κ1) is 18.6. The summed E-state index contributed by atoms with van der Waals surface area (Å²) >= 11 is 1.48. The smallest absolute Gasteiger partial charge is 0.273 e. The minimum Gasteiger partial charge on any atom is -0.335 e. The number of aryl methyl sites for hydroxylation is 1. The van der Waals surface area contributed by atoms with Crippen LogP contribution < -0.4 is 0 Å². The van der Waals surface area contributed by atoms with Crippen LogP contribution in [0, 0.1) is 6.92 Å². The highest BCUT2D eigenvalue weighted by molar-refractivity contribution is 7.09. The lowest BCUT2D eigenvalue weighted by Crippen LogP contribution is -2.50. The molecule has 0 unspecified atom stereocenters. The number of amides is 2. The third-order valence-corrected chi connectivity index (χ3v) is 5.46. The quantitative estimate of drug-likeness (QED) is 0.813. The topological polar surface area (TPSA) is 53.5 Å². The molecule has 1 aromatic heterocycles. The molecule has 1 saturated heterocycles. The van der Waals surface area contributed by atoms with Gasteiger partial charge in [-0.15, -0.1) is 11.3 Å². The van der Waals surface area contributed by atoms with E-state index in [1.54, 1.807) is 10.3 Å². The summed E-state index contributed by atoms with van der Waals surface area (Å²) in [6.07, 6.45) is 0. The van der Waals surface area contributed by atoms with Crippen LogP contribution in [-0.4, -0.2) is 52.8 Å². The van der Waals surface area contributed by atoms with Gasteiger partial charge in [0.05, 0.1) is 5.01 Å². The molecular weight excluding hydrogens is 346 g/mol. The van der Waals surface area contributed by atoms with Crippen LogP contribution in [0.4, 0.5) is 0 Å². The van der Waals surface area contributed by atoms with Crippen LogP contribution in [0.2, 0.25) is 0 Å². The Kier molecular flexibility index (Phi) is 5.14. The van der Waals surface area contributed by atoms with E-state index in [4.69, 9.17) is 0 Å². The van der Waals surface area contributed by atoms with Gasteiger partial charge in [-0.05, 0) is 30.0 Å². The number of nitrogens with zero attached hydrogens (tertiary/aromatic N) is 3. The van der Waals surface area contributed by atoms with Gasteiger partial charge in [-0.25, -0.2) is 4.98 Å². The van der Waals surface area contributed by atoms with E-state index in [-0.39, 0.29) is 17.2 Å². The van der Waals surface area contributed by atoms with Crippen molar-refractivity contribution >= 4 is 23.2 Å². The summed E-state index contributed by atoms with van der Waals surface area (Å²) < 4.78 is 0. The van der Waals surface area contributed by atoms with Crippen molar-refractivity contribution in [2.75, 3.05) is 26.2 Å². The highest BCUT2D eigenvalue weighted by atomic mass is 32.1. The summed E-state index contributed by atoms with van der Waals surface area (Å²) in [5.74, 6) is -0.0157. The second kappa shape index (κ2) is 7.19. The summed E-state index contributed by atoms with van der Waals surface area (Å²) in [7, 11) is 0. The van der Waals surface area contributed by atoms with Crippen LogP contribution >= 0.6 is 11.3 Å². The maximum atomic E-state index is 12.7. The van der Waals surface area contributed by atoms with Crippen molar-refractivity contribution in [3.05, 3.63) is 51.5 Å². The fourth-order valence-electron chi connectivity index (χ4n) is 3.03. The average molecular weight is 372 g/mol. The Morgan fingerprint density at radius 3 is 1.96 bits per heavy atom. The first-order valence-electron chi connectivity index (χ1n) is 8.87. The monoisotopic (exact) mass is 371 g/mol. The Balaban J connectivity index is 1.61. The SMILES string of the molecule is Cc1nc(C(=O)N2CCN(C(=O)c3ccc(C(C)(C)C)cc3)CC2)cs1. The lowest BCUT2D eigenvalue weighted by molar-refractivity contribution is 0.0532. The highest BCUT2D eigenvalue weighted by Gasteiger charge is 2.26. The molecule has 138 valence electrons. The number of rotatable bonds is 2. The van der Waals surface area contributed by atoms with Crippen molar-refractivity contribution < 1.29 is 9.59 Å². The van der Waals surface area contributed by atoms with Gasteiger partial charge in [0, 0.05) is 37.1 Å². The molecule has 3 rings (SSSR count). The van der Waals surface area contributed by atoms with Gasteiger partial charge in [0.2, 0.25) is 0 Å². The Bertz CT molecular complexity index is 797. The Labute approximate surface area is 158 Å². The van der Waals surface area contributed by atoms with Gasteiger partial charge in [-0.3, -0.25) is 9.59 Å². The maximum absolute atomic E-state index is 12.7. The first-order valence-corrected chi connectivity index (χ1v) is 9.75. The van der Waals surface area contributed by atoms with Gasteiger partial charge in [0.1, 0.15) is 5.69 Å². The van der Waals surface area contributed by atoms with E-state index in [1.165, 1.54) is 16.9 Å². The van der Waals surface area contributed by atoms with E-state index >= 15 is 0 Å². The molecule has 1 aliphatic rings. The van der Waals surface area contributed by atoms with Gasteiger partial charge in [-0.2, -0.15) is 0 Å². The zero-order valence-corrected chi connectivity index (χ0v) is 16.6. The molecule has 6 heteroatoms. The van der Waals surface area contributed by atoms with Crippen LogP contribution in [0.1, 0.15) is 52.2 Å². The number of thiazole rings is 1. The lowest BCUT2D eigenvalue weighted by atomic mass is 9.86. The molecule has 2 amide bonds. The summed E-state index contributed by atoms with van der Waals surface area (Å²) in [6, 6.07) is 7.85. The number of aromatic nitrogens is 1. The van der Waals surface area contributed by atoms with E-state index in [1.807, 2.05) is 36.1 Å². The minimum absolute atomic E-state index is 0.0297. The van der Waals surface area contributed by atoms with Crippen molar-refractivity contribution in [1.29, 1.82) is 0 Å². The molecule has 0 atom stereocenters. The molecule has 0 aliphatic carbocycles. The van der Waals surface area contributed by atoms with Gasteiger partial charge in [-0.1, -0.05) is 32.9 Å². The molecule has 0 spiro atoms. The van der Waals surface area contributed by atoms with Crippen LogP contribution in [0.15, 0.2) is 29.6 Å². The number of piperazine rings is 1. The molecular formula is C20H25N3O2S. The van der Waals surface area contributed by atoms with Crippen molar-refractivity contribution in [2.45, 2.75) is 33.1 Å². The molecule has 26 heavy (non-hydrogen) atoms. The molecule has 0 bridgehead atoms. The van der Waals surface area contributed by atoms with Crippen molar-refractivity contribution in [3.63, 3.8) is 0 Å². The van der Waals surface area contributed by atoms with Crippen molar-refractivity contribution in [1.82, 2.24) is 14.8 Å². The van der Waals surface area contributed by atoms with Crippen LogP contribution in [-0.2, 0) is 5.41 Å². The second-order valence-electron chi connectivity index (χ2n) is 7.66. The second-order valence-corrected chi connectivity index (χ2v) is 8.73. The molecule has 2 aromatic rings. The van der Waals surface area contributed by atoms with Gasteiger partial charge < -0.3 is 9.80 Å². The third-order valence-electron chi connectivity index (χ3n) is 4.69. The number of hydrogen-bond donors (Lipinski definition) is 0. The molecule has 2 heterocycles. The van der Waals surface area contributed by atoms with E-state index in [0.717, 1.165) is 5.01 Å². The zero-order chi connectivity index (χ0) is 18.9. The highest BCUT2D eigenvalue weighted by Crippen LogP contribution is 2.23. The zero-order valence-electron chi connectivity index (χ0n) is 15.8. The van der Waals surface area contributed by atoms with Crippen LogP contribution in [0.3, 0.4) is 0 Å². The maximum Gasteiger partial charge on any atom is 0.273 e. The molecule has 0 saturated carbocycles. The largest absolute Gasteiger partial charge is 0.335 e. The summed E-state index contributed by atoms with van der Waals surface area (Å²) in [6.45, 7) is 10.5. The van der Waals surface area contributed by atoms with E-state index in [2.05, 4.69) is 25.8 Å². The number of carbonyl (C=O) groups excluding carboxylic acids is 2. The van der Waals surface area contributed by atoms with E-state index < -0.39 is 0 Å².